The molecule has 0 amide bonds. The first-order chi connectivity index (χ1) is 10.5. The zero-order valence-electron chi connectivity index (χ0n) is 12.4. The van der Waals surface area contributed by atoms with Crippen molar-refractivity contribution in [1.29, 1.82) is 5.26 Å². The average Bonchev–Trinajstić information content (AvgIpc) is 3.17. The Hall–Kier alpha value is -2.17. The number of nitriles is 1. The molecule has 1 saturated carbocycles. The monoisotopic (exact) mass is 333 g/mol. The van der Waals surface area contributed by atoms with Gasteiger partial charge in [-0.1, -0.05) is 0 Å². The lowest BCUT2D eigenvalue weighted by atomic mass is 9.98. The van der Waals surface area contributed by atoms with E-state index in [1.165, 1.54) is 20.8 Å². The van der Waals surface area contributed by atoms with Crippen LogP contribution in [-0.4, -0.2) is 11.6 Å². The highest BCUT2D eigenvalue weighted by molar-refractivity contribution is 5.86. The summed E-state index contributed by atoms with van der Waals surface area (Å²) in [7, 11) is 0. The number of hydrogen-bond donors (Lipinski definition) is 0. The molecule has 1 aromatic carbocycles. The Labute approximate surface area is 128 Å². The predicted octanol–water partition coefficient (Wildman–Crippen LogP) is 3.72. The smallest absolute Gasteiger partial charge is 0.327 e. The first-order valence-electron chi connectivity index (χ1n) is 6.62. The Balaban J connectivity index is 2.47. The van der Waals surface area contributed by atoms with Gasteiger partial charge in [-0.3, -0.25) is 4.79 Å². The molecule has 0 N–H and O–H groups in total. The van der Waals surface area contributed by atoms with Gasteiger partial charge in [0.05, 0.1) is 6.07 Å². The Bertz CT molecular complexity index is 706. The van der Waals surface area contributed by atoms with Crippen LogP contribution in [0.15, 0.2) is 0 Å². The second-order valence-electron chi connectivity index (χ2n) is 6.33. The predicted molar refractivity (Wildman–Crippen MR) is 67.5 cm³/mol. The highest BCUT2D eigenvalue weighted by atomic mass is 19.2. The Morgan fingerprint density at radius 1 is 1.09 bits per heavy atom. The van der Waals surface area contributed by atoms with E-state index in [0.717, 1.165) is 0 Å². The number of hydrogen-bond acceptors (Lipinski definition) is 3. The van der Waals surface area contributed by atoms with Crippen molar-refractivity contribution in [1.82, 2.24) is 0 Å². The number of esters is 1. The third-order valence-electron chi connectivity index (χ3n) is 3.52. The Morgan fingerprint density at radius 3 is 1.91 bits per heavy atom. The molecule has 124 valence electrons. The zero-order valence-corrected chi connectivity index (χ0v) is 12.4. The third-order valence-corrected chi connectivity index (χ3v) is 3.52. The lowest BCUT2D eigenvalue weighted by Crippen LogP contribution is -2.30. The summed E-state index contributed by atoms with van der Waals surface area (Å²) >= 11 is 0. The lowest BCUT2D eigenvalue weighted by molar-refractivity contribution is -0.159. The van der Waals surface area contributed by atoms with E-state index in [-0.39, 0.29) is 6.42 Å². The molecule has 1 aliphatic rings. The number of benzene rings is 1. The van der Waals surface area contributed by atoms with Crippen molar-refractivity contribution in [2.24, 2.45) is 5.41 Å². The van der Waals surface area contributed by atoms with E-state index in [9.17, 15) is 32.0 Å². The summed E-state index contributed by atoms with van der Waals surface area (Å²) in [6.07, 6.45) is -0.378. The van der Waals surface area contributed by atoms with Gasteiger partial charge in [-0.05, 0) is 27.2 Å². The molecular weight excluding hydrogens is 321 g/mol. The third kappa shape index (κ3) is 2.64. The number of rotatable bonds is 2. The molecule has 0 spiro atoms. The van der Waals surface area contributed by atoms with Gasteiger partial charge in [0.1, 0.15) is 5.60 Å². The summed E-state index contributed by atoms with van der Waals surface area (Å²) in [6, 6.07) is 1.58. The molecule has 0 heterocycles. The molecule has 0 saturated heterocycles. The normalized spacial score (nSPS) is 23.3. The van der Waals surface area contributed by atoms with E-state index in [0.29, 0.717) is 0 Å². The van der Waals surface area contributed by atoms with Gasteiger partial charge in [0.2, 0.25) is 5.82 Å². The number of nitrogens with zero attached hydrogens (tertiary/aromatic N) is 1. The maximum atomic E-state index is 13.8. The molecule has 1 aliphatic carbocycles. The topological polar surface area (TPSA) is 50.1 Å². The Morgan fingerprint density at radius 2 is 1.52 bits per heavy atom. The molecule has 2 unspecified atom stereocenters. The van der Waals surface area contributed by atoms with Crippen LogP contribution in [0.4, 0.5) is 22.0 Å². The van der Waals surface area contributed by atoms with Crippen LogP contribution < -0.4 is 0 Å². The van der Waals surface area contributed by atoms with Crippen molar-refractivity contribution in [2.45, 2.75) is 38.7 Å². The summed E-state index contributed by atoms with van der Waals surface area (Å²) in [5, 5.41) is 9.17. The molecule has 0 radical (unpaired) electrons. The fourth-order valence-corrected chi connectivity index (χ4v) is 2.30. The SMILES string of the molecule is CC(C)(C)OC(=O)C1(C#N)CC1c1c(F)c(F)c(F)c(F)c1F. The molecule has 8 heteroatoms. The molecule has 0 aliphatic heterocycles. The molecule has 1 aromatic rings. The van der Waals surface area contributed by atoms with Crippen LogP contribution in [0, 0.1) is 45.8 Å². The van der Waals surface area contributed by atoms with Gasteiger partial charge < -0.3 is 4.74 Å². The minimum atomic E-state index is -2.29. The second-order valence-corrected chi connectivity index (χ2v) is 6.33. The van der Waals surface area contributed by atoms with Gasteiger partial charge in [0.15, 0.2) is 28.7 Å². The maximum Gasteiger partial charge on any atom is 0.327 e. The lowest BCUT2D eigenvalue weighted by Gasteiger charge is -2.21. The summed E-state index contributed by atoms with van der Waals surface area (Å²) in [5.41, 5.74) is -4.08. The van der Waals surface area contributed by atoms with Gasteiger partial charge in [0, 0.05) is 11.5 Å². The van der Waals surface area contributed by atoms with Crippen LogP contribution in [0.2, 0.25) is 0 Å². The fraction of sp³-hybridized carbons (Fsp3) is 0.467. The molecule has 0 aromatic heterocycles. The van der Waals surface area contributed by atoms with E-state index in [1.54, 1.807) is 6.07 Å². The minimum absolute atomic E-state index is 0.378. The second kappa shape index (κ2) is 5.18. The van der Waals surface area contributed by atoms with E-state index in [1.807, 2.05) is 0 Å². The van der Waals surface area contributed by atoms with Crippen LogP contribution in [-0.2, 0) is 9.53 Å². The maximum absolute atomic E-state index is 13.8. The van der Waals surface area contributed by atoms with Crippen LogP contribution in [0.25, 0.3) is 0 Å². The summed E-state index contributed by atoms with van der Waals surface area (Å²) < 4.78 is 72.2. The van der Waals surface area contributed by atoms with Crippen molar-refractivity contribution < 1.29 is 31.5 Å². The van der Waals surface area contributed by atoms with Crippen molar-refractivity contribution in [2.75, 3.05) is 0 Å². The van der Waals surface area contributed by atoms with Crippen molar-refractivity contribution >= 4 is 5.97 Å². The van der Waals surface area contributed by atoms with E-state index in [4.69, 9.17) is 4.74 Å². The first kappa shape index (κ1) is 17.2. The molecule has 2 rings (SSSR count). The van der Waals surface area contributed by atoms with Crippen LogP contribution in [0.5, 0.6) is 0 Å². The van der Waals surface area contributed by atoms with Crippen molar-refractivity contribution in [3.8, 4) is 6.07 Å². The first-order valence-corrected chi connectivity index (χ1v) is 6.62. The molecule has 0 bridgehead atoms. The van der Waals surface area contributed by atoms with Crippen LogP contribution in [0.3, 0.4) is 0 Å². The summed E-state index contributed by atoms with van der Waals surface area (Å²) in [5.74, 6) is -13.1. The summed E-state index contributed by atoms with van der Waals surface area (Å²) in [4.78, 5) is 12.1. The van der Waals surface area contributed by atoms with E-state index in [2.05, 4.69) is 0 Å². The van der Waals surface area contributed by atoms with E-state index >= 15 is 0 Å². The fourth-order valence-electron chi connectivity index (χ4n) is 2.30. The van der Waals surface area contributed by atoms with Crippen molar-refractivity contribution in [3.05, 3.63) is 34.6 Å². The Kier molecular flexibility index (Phi) is 3.87. The number of carbonyl (C=O) groups excluding carboxylic acids is 1. The van der Waals surface area contributed by atoms with Crippen LogP contribution in [0.1, 0.15) is 38.7 Å². The quantitative estimate of drug-likeness (QED) is 0.359. The zero-order chi connectivity index (χ0) is 17.7. The number of carbonyl (C=O) groups is 1. The summed E-state index contributed by atoms with van der Waals surface area (Å²) in [6.45, 7) is 4.56. The average molecular weight is 333 g/mol. The highest BCUT2D eigenvalue weighted by Crippen LogP contribution is 2.61. The largest absolute Gasteiger partial charge is 0.459 e. The molecule has 1 fully saturated rings. The van der Waals surface area contributed by atoms with Gasteiger partial charge >= 0.3 is 5.97 Å². The number of ether oxygens (including phenoxy) is 1. The molecule has 3 nitrogen and oxygen atoms in total. The van der Waals surface area contributed by atoms with Crippen molar-refractivity contribution in [3.63, 3.8) is 0 Å². The van der Waals surface area contributed by atoms with E-state index < -0.39 is 57.6 Å². The highest BCUT2D eigenvalue weighted by Gasteiger charge is 2.65. The van der Waals surface area contributed by atoms with Gasteiger partial charge in [0.25, 0.3) is 0 Å². The van der Waals surface area contributed by atoms with Gasteiger partial charge in [-0.2, -0.15) is 5.26 Å². The van der Waals surface area contributed by atoms with Gasteiger partial charge in [-0.15, -0.1) is 0 Å². The molecule has 2 atom stereocenters. The minimum Gasteiger partial charge on any atom is -0.459 e. The number of halogens is 5. The molecular formula is C15H12F5NO2. The van der Waals surface area contributed by atoms with Gasteiger partial charge in [-0.25, -0.2) is 22.0 Å². The van der Waals surface area contributed by atoms with Crippen LogP contribution >= 0.6 is 0 Å². The molecule has 23 heavy (non-hydrogen) atoms. The standard InChI is InChI=1S/C15H12F5NO2/c1-14(2,3)23-13(22)15(5-21)4-6(15)7-8(16)10(18)12(20)11(19)9(7)17/h6H,4H2,1-3H3.